The van der Waals surface area contributed by atoms with Gasteiger partial charge in [0.15, 0.2) is 0 Å². The molecule has 124 valence electrons. The van der Waals surface area contributed by atoms with Crippen LogP contribution in [0.25, 0.3) is 0 Å². The fourth-order valence-electron chi connectivity index (χ4n) is 3.20. The lowest BCUT2D eigenvalue weighted by Gasteiger charge is -2.34. The normalized spacial score (nSPS) is 19.1. The Morgan fingerprint density at radius 1 is 1.22 bits per heavy atom. The van der Waals surface area contributed by atoms with Gasteiger partial charge in [-0.15, -0.1) is 0 Å². The van der Waals surface area contributed by atoms with Crippen LogP contribution in [0.5, 0.6) is 0 Å². The Balaban J connectivity index is 1.51. The van der Waals surface area contributed by atoms with Crippen LogP contribution in [0.3, 0.4) is 0 Å². The Morgan fingerprint density at radius 2 is 1.91 bits per heavy atom. The quantitative estimate of drug-likeness (QED) is 0.860. The fraction of sp³-hybridized carbons (Fsp3) is 0.588. The van der Waals surface area contributed by atoms with E-state index < -0.39 is 0 Å². The Labute approximate surface area is 137 Å². The van der Waals surface area contributed by atoms with Crippen LogP contribution >= 0.6 is 0 Å². The summed E-state index contributed by atoms with van der Waals surface area (Å²) < 4.78 is 0. The summed E-state index contributed by atoms with van der Waals surface area (Å²) in [6.07, 6.45) is 9.57. The number of piperidine rings is 1. The molecule has 3 rings (SSSR count). The molecule has 6 heteroatoms. The predicted octanol–water partition coefficient (Wildman–Crippen LogP) is 1.91. The van der Waals surface area contributed by atoms with E-state index in [4.69, 9.17) is 0 Å². The highest BCUT2D eigenvalue weighted by atomic mass is 16.2. The van der Waals surface area contributed by atoms with Gasteiger partial charge in [0.05, 0.1) is 0 Å². The third kappa shape index (κ3) is 3.81. The van der Waals surface area contributed by atoms with E-state index in [-0.39, 0.29) is 5.92 Å². The lowest BCUT2D eigenvalue weighted by Crippen LogP contribution is -2.44. The number of hydrogen-bond acceptors (Lipinski definition) is 5. The van der Waals surface area contributed by atoms with Gasteiger partial charge in [0.1, 0.15) is 18.0 Å². The molecule has 0 unspecified atom stereocenters. The highest BCUT2D eigenvalue weighted by molar-refractivity contribution is 5.79. The second-order valence-electron chi connectivity index (χ2n) is 6.54. The number of carbonyl (C=O) groups excluding carboxylic acids is 1. The first-order valence-electron chi connectivity index (χ1n) is 8.33. The zero-order valence-corrected chi connectivity index (χ0v) is 13.9. The minimum absolute atomic E-state index is 0.184. The fourth-order valence-corrected chi connectivity index (χ4v) is 3.20. The van der Waals surface area contributed by atoms with Gasteiger partial charge >= 0.3 is 0 Å². The van der Waals surface area contributed by atoms with Crippen molar-refractivity contribution in [3.8, 4) is 0 Å². The van der Waals surface area contributed by atoms with Crippen LogP contribution in [0.2, 0.25) is 0 Å². The third-order valence-corrected chi connectivity index (χ3v) is 4.63. The van der Waals surface area contributed by atoms with Crippen LogP contribution in [0, 0.1) is 5.92 Å². The summed E-state index contributed by atoms with van der Waals surface area (Å²) in [5, 5.41) is 3.48. The maximum Gasteiger partial charge on any atom is 0.226 e. The van der Waals surface area contributed by atoms with Crippen LogP contribution in [-0.4, -0.2) is 54.0 Å². The van der Waals surface area contributed by atoms with E-state index in [1.54, 1.807) is 6.33 Å². The first-order valence-corrected chi connectivity index (χ1v) is 8.33. The van der Waals surface area contributed by atoms with E-state index >= 15 is 0 Å². The topological polar surface area (TPSA) is 61.4 Å². The molecular formula is C17H25N5O. The van der Waals surface area contributed by atoms with E-state index in [0.717, 1.165) is 50.4 Å². The number of nitrogens with zero attached hydrogens (tertiary/aromatic N) is 4. The van der Waals surface area contributed by atoms with E-state index in [2.05, 4.69) is 27.4 Å². The zero-order chi connectivity index (χ0) is 16.2. The second kappa shape index (κ2) is 6.98. The molecule has 6 nitrogen and oxygen atoms in total. The molecule has 1 amide bonds. The van der Waals surface area contributed by atoms with E-state index in [9.17, 15) is 4.79 Å². The number of anilines is 2. The Morgan fingerprint density at radius 3 is 2.57 bits per heavy atom. The minimum atomic E-state index is 0.184. The molecule has 1 aromatic rings. The van der Waals surface area contributed by atoms with Crippen molar-refractivity contribution < 1.29 is 4.79 Å². The Bertz CT molecular complexity index is 570. The van der Waals surface area contributed by atoms with Gasteiger partial charge in [-0.25, -0.2) is 9.97 Å². The van der Waals surface area contributed by atoms with Crippen LogP contribution in [0.1, 0.15) is 25.7 Å². The lowest BCUT2D eigenvalue weighted by atomic mass is 10.0. The molecule has 0 spiro atoms. The highest BCUT2D eigenvalue weighted by Gasteiger charge is 2.28. The largest absolute Gasteiger partial charge is 0.367 e. The molecule has 2 aliphatic rings. The van der Waals surface area contributed by atoms with Crippen molar-refractivity contribution >= 4 is 17.5 Å². The molecule has 0 bridgehead atoms. The average molecular weight is 315 g/mol. The first-order chi connectivity index (χ1) is 11.1. The van der Waals surface area contributed by atoms with Crippen molar-refractivity contribution in [2.24, 2.45) is 5.92 Å². The number of hydrogen-bond donors (Lipinski definition) is 1. The molecule has 1 saturated heterocycles. The van der Waals surface area contributed by atoms with Gasteiger partial charge in [0, 0.05) is 45.2 Å². The summed E-state index contributed by atoms with van der Waals surface area (Å²) >= 11 is 0. The molecule has 0 saturated carbocycles. The summed E-state index contributed by atoms with van der Waals surface area (Å²) in [5.41, 5.74) is 0. The molecular weight excluding hydrogens is 290 g/mol. The molecule has 23 heavy (non-hydrogen) atoms. The number of aromatic nitrogens is 2. The molecule has 2 heterocycles. The number of likely N-dealkylation sites (tertiary alicyclic amines) is 1. The van der Waals surface area contributed by atoms with Crippen molar-refractivity contribution in [3.05, 3.63) is 24.5 Å². The summed E-state index contributed by atoms with van der Waals surface area (Å²) in [5.74, 6) is 2.26. The number of nitrogens with one attached hydrogen (secondary N) is 1. The SMILES string of the molecule is CN(C)c1cc(NC2CCN(C(=O)C3CC=CC3)CC2)ncn1. The van der Waals surface area contributed by atoms with Gasteiger partial charge in [-0.1, -0.05) is 12.2 Å². The second-order valence-corrected chi connectivity index (χ2v) is 6.54. The summed E-state index contributed by atoms with van der Waals surface area (Å²) in [4.78, 5) is 24.9. The molecule has 1 fully saturated rings. The molecule has 1 aliphatic carbocycles. The van der Waals surface area contributed by atoms with Crippen molar-refractivity contribution in [1.29, 1.82) is 0 Å². The number of rotatable bonds is 4. The minimum Gasteiger partial charge on any atom is -0.367 e. The number of allylic oxidation sites excluding steroid dienone is 2. The average Bonchev–Trinajstić information content (AvgIpc) is 3.09. The van der Waals surface area contributed by atoms with Gasteiger partial charge < -0.3 is 15.1 Å². The molecule has 0 aromatic carbocycles. The highest BCUT2D eigenvalue weighted by Crippen LogP contribution is 2.23. The summed E-state index contributed by atoms with van der Waals surface area (Å²) in [6.45, 7) is 1.66. The monoisotopic (exact) mass is 315 g/mol. The summed E-state index contributed by atoms with van der Waals surface area (Å²) in [6, 6.07) is 2.33. The van der Waals surface area contributed by atoms with Crippen molar-refractivity contribution in [1.82, 2.24) is 14.9 Å². The standard InChI is InChI=1S/C17H25N5O/c1-21(2)16-11-15(18-12-19-16)20-14-7-9-22(10-8-14)17(23)13-5-3-4-6-13/h3-4,11-14H,5-10H2,1-2H3,(H,18,19,20). The van der Waals surface area contributed by atoms with Crippen LogP contribution in [0.15, 0.2) is 24.5 Å². The van der Waals surface area contributed by atoms with Gasteiger partial charge in [0.25, 0.3) is 0 Å². The van der Waals surface area contributed by atoms with E-state index in [1.165, 1.54) is 0 Å². The Hall–Kier alpha value is -2.11. The maximum absolute atomic E-state index is 12.4. The Kier molecular flexibility index (Phi) is 4.79. The molecule has 1 aliphatic heterocycles. The van der Waals surface area contributed by atoms with Gasteiger partial charge in [0.2, 0.25) is 5.91 Å². The predicted molar refractivity (Wildman–Crippen MR) is 91.4 cm³/mol. The molecule has 0 radical (unpaired) electrons. The molecule has 1 N–H and O–H groups in total. The maximum atomic E-state index is 12.4. The van der Waals surface area contributed by atoms with Crippen molar-refractivity contribution in [2.45, 2.75) is 31.7 Å². The smallest absolute Gasteiger partial charge is 0.226 e. The van der Waals surface area contributed by atoms with Crippen molar-refractivity contribution in [3.63, 3.8) is 0 Å². The van der Waals surface area contributed by atoms with E-state index in [0.29, 0.717) is 11.9 Å². The lowest BCUT2D eigenvalue weighted by molar-refractivity contribution is -0.136. The van der Waals surface area contributed by atoms with Crippen LogP contribution < -0.4 is 10.2 Å². The van der Waals surface area contributed by atoms with Crippen LogP contribution in [0.4, 0.5) is 11.6 Å². The molecule has 1 aromatic heterocycles. The van der Waals surface area contributed by atoms with Gasteiger partial charge in [-0.3, -0.25) is 4.79 Å². The molecule has 0 atom stereocenters. The first kappa shape index (κ1) is 15.8. The number of amides is 1. The number of carbonyl (C=O) groups is 1. The summed E-state index contributed by atoms with van der Waals surface area (Å²) in [7, 11) is 3.93. The van der Waals surface area contributed by atoms with Crippen LogP contribution in [-0.2, 0) is 4.79 Å². The third-order valence-electron chi connectivity index (χ3n) is 4.63. The van der Waals surface area contributed by atoms with E-state index in [1.807, 2.05) is 30.0 Å². The van der Waals surface area contributed by atoms with Crippen molar-refractivity contribution in [2.75, 3.05) is 37.4 Å². The van der Waals surface area contributed by atoms with Gasteiger partial charge in [-0.05, 0) is 25.7 Å². The van der Waals surface area contributed by atoms with Gasteiger partial charge in [-0.2, -0.15) is 0 Å². The zero-order valence-electron chi connectivity index (χ0n) is 13.9.